The fourth-order valence-electron chi connectivity index (χ4n) is 4.04. The van der Waals surface area contributed by atoms with Crippen molar-refractivity contribution in [3.8, 4) is 33.8 Å². The van der Waals surface area contributed by atoms with Crippen LogP contribution in [-0.4, -0.2) is 159 Å². The standard InChI is InChI=1S/2C10H8N2.2C6H5ClO7S2.4H2O.2Pb/c2*1-5-11-6-2-9(1)10-3-7-12-8-4-10;2*7-3-1-4(15(9,10)11)6(8)5(2-3)16(12,13)14;;;;;;/h2*1-8H;2*1-2,8H,(H,9,10,11)(H,12,13,14);4*1H2;;/q;;;;;;;;2*+2/p-4. The summed E-state index contributed by atoms with van der Waals surface area (Å²) in [5.41, 5.74) is 4.69. The van der Waals surface area contributed by atoms with Crippen molar-refractivity contribution in [2.75, 3.05) is 0 Å². The Kier molecular flexibility index (Phi) is 29.8. The Morgan fingerprint density at radius 1 is 0.371 bits per heavy atom. The molecule has 0 atom stereocenters. The molecule has 0 fully saturated rings. The molecule has 22 nitrogen and oxygen atoms in total. The Balaban J connectivity index is -0.000000353. The van der Waals surface area contributed by atoms with Crippen molar-refractivity contribution in [2.45, 2.75) is 19.6 Å². The van der Waals surface area contributed by atoms with Crippen molar-refractivity contribution in [2.24, 2.45) is 0 Å². The van der Waals surface area contributed by atoms with Crippen molar-refractivity contribution in [1.82, 2.24) is 19.9 Å². The predicted octanol–water partition coefficient (Wildman–Crippen LogP) is -0.0656. The third-order valence-corrected chi connectivity index (χ3v) is 10.3. The number of benzene rings is 2. The van der Waals surface area contributed by atoms with Gasteiger partial charge in [-0.15, -0.1) is 0 Å². The zero-order valence-electron chi connectivity index (χ0n) is 30.5. The van der Waals surface area contributed by atoms with Gasteiger partial charge in [-0.3, -0.25) is 19.9 Å². The van der Waals surface area contributed by atoms with Crippen LogP contribution in [0.25, 0.3) is 22.3 Å². The molecule has 62 heavy (non-hydrogen) atoms. The van der Waals surface area contributed by atoms with E-state index in [2.05, 4.69) is 19.9 Å². The van der Waals surface area contributed by atoms with Crippen LogP contribution in [0.1, 0.15) is 0 Å². The first-order chi connectivity index (χ1) is 26.0. The van der Waals surface area contributed by atoms with Crippen LogP contribution in [0.4, 0.5) is 0 Å². The molecule has 0 aliphatic rings. The van der Waals surface area contributed by atoms with Crippen LogP contribution in [0.15, 0.2) is 142 Å². The van der Waals surface area contributed by atoms with Gasteiger partial charge in [0.1, 0.15) is 40.5 Å². The van der Waals surface area contributed by atoms with E-state index in [0.717, 1.165) is 0 Å². The number of rotatable bonds is 6. The van der Waals surface area contributed by atoms with E-state index >= 15 is 0 Å². The van der Waals surface area contributed by atoms with Crippen LogP contribution < -0.4 is 0 Å². The minimum Gasteiger partial charge on any atom is -0.744 e. The third kappa shape index (κ3) is 20.4. The summed E-state index contributed by atoms with van der Waals surface area (Å²) < 4.78 is 127. The van der Waals surface area contributed by atoms with Gasteiger partial charge in [0.25, 0.3) is 0 Å². The zero-order valence-corrected chi connectivity index (χ0v) is 43.1. The monoisotopic (exact) mass is 1370 g/mol. The predicted molar refractivity (Wildman–Crippen MR) is 219 cm³/mol. The minimum absolute atomic E-state index is 0. The van der Waals surface area contributed by atoms with Crippen molar-refractivity contribution in [1.29, 1.82) is 0 Å². The van der Waals surface area contributed by atoms with E-state index < -0.39 is 81.6 Å². The van der Waals surface area contributed by atoms with Crippen molar-refractivity contribution >= 4 is 118 Å². The Morgan fingerprint density at radius 3 is 0.645 bits per heavy atom. The average molecular weight is 1370 g/mol. The van der Waals surface area contributed by atoms with Gasteiger partial charge in [-0.25, -0.2) is 33.7 Å². The van der Waals surface area contributed by atoms with Crippen LogP contribution in [0.3, 0.4) is 0 Å². The van der Waals surface area contributed by atoms with E-state index in [0.29, 0.717) is 24.3 Å². The molecule has 2 aromatic carbocycles. The number of aromatic hydroxyl groups is 2. The van der Waals surface area contributed by atoms with Crippen LogP contribution in [0.5, 0.6) is 11.5 Å². The summed E-state index contributed by atoms with van der Waals surface area (Å²) in [6, 6.07) is 18.0. The molecule has 0 amide bonds. The zero-order chi connectivity index (χ0) is 41.9. The molecule has 0 unspecified atom stereocenters. The Bertz CT molecular complexity index is 2370. The summed E-state index contributed by atoms with van der Waals surface area (Å²) in [6.45, 7) is 0. The maximum absolute atomic E-state index is 10.6. The van der Waals surface area contributed by atoms with Gasteiger partial charge >= 0.3 is 54.6 Å². The summed E-state index contributed by atoms with van der Waals surface area (Å²) in [7, 11) is -20.5. The van der Waals surface area contributed by atoms with Gasteiger partial charge < -0.3 is 50.3 Å². The fourth-order valence-corrected chi connectivity index (χ4v) is 7.34. The van der Waals surface area contributed by atoms with Gasteiger partial charge in [0.2, 0.25) is 0 Å². The average Bonchev–Trinajstić information content (AvgIpc) is 3.14. The molecule has 30 heteroatoms. The number of hydrogen-bond donors (Lipinski definition) is 2. The van der Waals surface area contributed by atoms with E-state index in [1.807, 2.05) is 48.5 Å². The Labute approximate surface area is 404 Å². The molecule has 10 N–H and O–H groups in total. The Hall–Kier alpha value is -3.46. The molecule has 0 spiro atoms. The van der Waals surface area contributed by atoms with Crippen molar-refractivity contribution < 1.29 is 84.0 Å². The van der Waals surface area contributed by atoms with Gasteiger partial charge in [-0.05, 0) is 95.1 Å². The second kappa shape index (κ2) is 28.4. The smallest absolute Gasteiger partial charge is 0.744 e. The van der Waals surface area contributed by atoms with E-state index in [9.17, 15) is 51.9 Å². The number of hydrogen-bond acceptors (Lipinski definition) is 18. The van der Waals surface area contributed by atoms with Crippen molar-refractivity contribution in [3.63, 3.8) is 0 Å². The molecule has 6 rings (SSSR count). The summed E-state index contributed by atoms with van der Waals surface area (Å²) in [5, 5.41) is 17.4. The normalized spacial score (nSPS) is 10.3. The molecule has 332 valence electrons. The van der Waals surface area contributed by atoms with Crippen LogP contribution in [0, 0.1) is 0 Å². The first-order valence-corrected chi connectivity index (χ1v) is 20.9. The molecule has 4 heterocycles. The van der Waals surface area contributed by atoms with Gasteiger partial charge in [0, 0.05) is 59.6 Å². The van der Waals surface area contributed by atoms with Gasteiger partial charge in [0.05, 0.1) is 19.6 Å². The molecule has 6 aromatic rings. The van der Waals surface area contributed by atoms with Crippen molar-refractivity contribution in [3.05, 3.63) is 132 Å². The first-order valence-electron chi connectivity index (χ1n) is 14.5. The maximum Gasteiger partial charge on any atom is 2.00 e. The summed E-state index contributed by atoms with van der Waals surface area (Å²) in [6.07, 6.45) is 14.3. The van der Waals surface area contributed by atoms with Gasteiger partial charge in [-0.2, -0.15) is 0 Å². The topological polar surface area (TPSA) is 447 Å². The first kappa shape index (κ1) is 65.2. The third-order valence-electron chi connectivity index (χ3n) is 6.47. The van der Waals surface area contributed by atoms with Gasteiger partial charge in [0.15, 0.2) is 11.5 Å². The quantitative estimate of drug-likeness (QED) is 0.163. The second-order valence-corrected chi connectivity index (χ2v) is 16.5. The molecule has 0 saturated heterocycles. The summed E-state index contributed by atoms with van der Waals surface area (Å²) in [4.78, 5) is 10.8. The van der Waals surface area contributed by atoms with E-state index in [-0.39, 0.29) is 76.5 Å². The van der Waals surface area contributed by atoms with E-state index in [1.54, 1.807) is 49.6 Å². The van der Waals surface area contributed by atoms with Crippen LogP contribution >= 0.6 is 23.2 Å². The molecule has 0 saturated carbocycles. The van der Waals surface area contributed by atoms with E-state index in [1.165, 1.54) is 22.3 Å². The number of nitrogens with zero attached hydrogens (tertiary/aromatic N) is 4. The number of phenols is 2. The summed E-state index contributed by atoms with van der Waals surface area (Å²) >= 11 is 10.6. The fraction of sp³-hybridized carbons (Fsp3) is 0. The van der Waals surface area contributed by atoms with Crippen LogP contribution in [-0.2, 0) is 40.5 Å². The maximum atomic E-state index is 10.6. The molecule has 0 aliphatic heterocycles. The van der Waals surface area contributed by atoms with E-state index in [4.69, 9.17) is 33.4 Å². The number of halogens is 2. The van der Waals surface area contributed by atoms with Crippen LogP contribution in [0.2, 0.25) is 10.0 Å². The largest absolute Gasteiger partial charge is 2.00 e. The Morgan fingerprint density at radius 2 is 0.516 bits per heavy atom. The molecule has 4 radical (unpaired) electrons. The number of phenolic OH excluding ortho intramolecular Hbond substituents is 2. The number of aromatic nitrogens is 4. The molecule has 0 bridgehead atoms. The SMILES string of the molecule is O.O.O.O.O=S(=O)([O-])c1cc(Cl)cc(S(=O)(=O)[O-])c1O.O=S(=O)([O-])c1cc(Cl)cc(S(=O)(=O)[O-])c1O.[Pb+2].[Pb+2].c1cc(-c2ccncc2)ccn1.c1cc(-c2ccncc2)ccn1. The molecular formula is C32H30Cl2N4O18Pb2S4. The number of pyridine rings is 4. The molecular weight excluding hydrogens is 1340 g/mol. The second-order valence-electron chi connectivity index (χ2n) is 10.3. The molecule has 0 aliphatic carbocycles. The minimum atomic E-state index is -5.13. The van der Waals surface area contributed by atoms with Gasteiger partial charge in [-0.1, -0.05) is 23.2 Å². The summed E-state index contributed by atoms with van der Waals surface area (Å²) in [5.74, 6) is -2.84. The molecule has 4 aromatic heterocycles.